The Bertz CT molecular complexity index is 806. The lowest BCUT2D eigenvalue weighted by Crippen LogP contribution is -2.27. The Kier molecular flexibility index (Phi) is 5.48. The van der Waals surface area contributed by atoms with Crippen molar-refractivity contribution in [1.29, 1.82) is 5.26 Å². The molecular formula is C18H18N2O4. The molecule has 0 atom stereocenters. The van der Waals surface area contributed by atoms with Gasteiger partial charge in [-0.3, -0.25) is 14.6 Å². The molecule has 0 saturated heterocycles. The first-order valence-electron chi connectivity index (χ1n) is 7.66. The number of carbonyl (C=O) groups is 2. The van der Waals surface area contributed by atoms with E-state index in [1.807, 2.05) is 19.1 Å². The smallest absolute Gasteiger partial charge is 0.324 e. The third-order valence-corrected chi connectivity index (χ3v) is 3.52. The van der Waals surface area contributed by atoms with E-state index in [9.17, 15) is 14.9 Å². The first-order chi connectivity index (χ1) is 11.5. The third-order valence-electron chi connectivity index (χ3n) is 3.52. The number of aromatic nitrogens is 1. The van der Waals surface area contributed by atoms with Gasteiger partial charge in [0.1, 0.15) is 6.07 Å². The zero-order valence-electron chi connectivity index (χ0n) is 13.8. The van der Waals surface area contributed by atoms with Gasteiger partial charge in [0, 0.05) is 17.1 Å². The van der Waals surface area contributed by atoms with Gasteiger partial charge in [-0.2, -0.15) is 5.26 Å². The van der Waals surface area contributed by atoms with Crippen LogP contribution in [0.3, 0.4) is 0 Å². The normalized spacial score (nSPS) is 10.5. The van der Waals surface area contributed by atoms with Crippen LogP contribution < -0.4 is 0 Å². The van der Waals surface area contributed by atoms with Gasteiger partial charge in [-0.1, -0.05) is 11.6 Å². The van der Waals surface area contributed by atoms with Crippen LogP contribution in [-0.2, 0) is 19.1 Å². The quantitative estimate of drug-likeness (QED) is 0.620. The molecule has 6 heteroatoms. The summed E-state index contributed by atoms with van der Waals surface area (Å²) in [5, 5.41) is 9.99. The molecule has 0 aliphatic rings. The molecule has 0 aliphatic carbocycles. The fraction of sp³-hybridized carbons (Fsp3) is 0.333. The summed E-state index contributed by atoms with van der Waals surface area (Å²) in [7, 11) is 0. The maximum atomic E-state index is 12.4. The summed E-state index contributed by atoms with van der Waals surface area (Å²) >= 11 is 0. The van der Waals surface area contributed by atoms with E-state index >= 15 is 0 Å². The predicted molar refractivity (Wildman–Crippen MR) is 87.2 cm³/mol. The first kappa shape index (κ1) is 17.4. The molecule has 124 valence electrons. The van der Waals surface area contributed by atoms with E-state index < -0.39 is 17.9 Å². The third kappa shape index (κ3) is 3.35. The van der Waals surface area contributed by atoms with Crippen LogP contribution in [0.2, 0.25) is 0 Å². The maximum absolute atomic E-state index is 12.4. The van der Waals surface area contributed by atoms with Crippen molar-refractivity contribution in [2.24, 2.45) is 0 Å². The van der Waals surface area contributed by atoms with E-state index in [1.54, 1.807) is 26.0 Å². The zero-order valence-corrected chi connectivity index (χ0v) is 13.8. The highest BCUT2D eigenvalue weighted by Crippen LogP contribution is 2.30. The molecule has 0 unspecified atom stereocenters. The van der Waals surface area contributed by atoms with Gasteiger partial charge in [0.05, 0.1) is 24.3 Å². The minimum atomic E-state index is -1.31. The van der Waals surface area contributed by atoms with Crippen molar-refractivity contribution in [2.45, 2.75) is 26.7 Å². The molecule has 24 heavy (non-hydrogen) atoms. The van der Waals surface area contributed by atoms with Gasteiger partial charge in [0.2, 0.25) is 0 Å². The number of aryl methyl sites for hydroxylation is 1. The van der Waals surface area contributed by atoms with Crippen LogP contribution >= 0.6 is 0 Å². The van der Waals surface area contributed by atoms with E-state index in [0.29, 0.717) is 10.9 Å². The molecule has 1 aromatic heterocycles. The van der Waals surface area contributed by atoms with E-state index in [4.69, 9.17) is 9.47 Å². The lowest BCUT2D eigenvalue weighted by Gasteiger charge is -2.18. The van der Waals surface area contributed by atoms with Crippen LogP contribution in [0.4, 0.5) is 0 Å². The standard InChI is InChI=1S/C18H18N2O4/c1-4-23-17(21)16(18(22)24-5-2)15-12(9-19)10-20-14-7-6-11(3)8-13(14)15/h6-8,10,16H,4-5H2,1-3H3. The summed E-state index contributed by atoms with van der Waals surface area (Å²) in [5.41, 5.74) is 1.95. The van der Waals surface area contributed by atoms with Gasteiger partial charge >= 0.3 is 11.9 Å². The molecule has 0 bridgehead atoms. The zero-order chi connectivity index (χ0) is 17.7. The lowest BCUT2D eigenvalue weighted by atomic mass is 9.91. The number of nitriles is 1. The molecule has 0 aliphatic heterocycles. The second kappa shape index (κ2) is 7.55. The second-order valence-corrected chi connectivity index (χ2v) is 5.16. The van der Waals surface area contributed by atoms with Gasteiger partial charge in [-0.25, -0.2) is 0 Å². The highest BCUT2D eigenvalue weighted by Gasteiger charge is 2.35. The van der Waals surface area contributed by atoms with Crippen molar-refractivity contribution in [1.82, 2.24) is 4.98 Å². The van der Waals surface area contributed by atoms with Crippen molar-refractivity contribution >= 4 is 22.8 Å². The summed E-state index contributed by atoms with van der Waals surface area (Å²) in [6.07, 6.45) is 1.36. The minimum absolute atomic E-state index is 0.124. The summed E-state index contributed by atoms with van der Waals surface area (Å²) in [6.45, 7) is 5.43. The molecule has 0 fully saturated rings. The minimum Gasteiger partial charge on any atom is -0.465 e. The lowest BCUT2D eigenvalue weighted by molar-refractivity contribution is -0.156. The van der Waals surface area contributed by atoms with Gasteiger partial charge < -0.3 is 9.47 Å². The molecule has 0 amide bonds. The average molecular weight is 326 g/mol. The Balaban J connectivity index is 2.76. The fourth-order valence-corrected chi connectivity index (χ4v) is 2.51. The van der Waals surface area contributed by atoms with Crippen LogP contribution in [0.1, 0.15) is 36.5 Å². The number of rotatable bonds is 5. The molecule has 6 nitrogen and oxygen atoms in total. The number of nitrogens with zero attached hydrogens (tertiary/aromatic N) is 2. The van der Waals surface area contributed by atoms with Crippen molar-refractivity contribution < 1.29 is 19.1 Å². The Hall–Kier alpha value is -2.94. The van der Waals surface area contributed by atoms with Gasteiger partial charge in [0.25, 0.3) is 0 Å². The monoisotopic (exact) mass is 326 g/mol. The molecule has 0 spiro atoms. The summed E-state index contributed by atoms with van der Waals surface area (Å²) in [4.78, 5) is 29.0. The number of carbonyl (C=O) groups excluding carboxylic acids is 2. The summed E-state index contributed by atoms with van der Waals surface area (Å²) in [5.74, 6) is -2.78. The molecule has 2 aromatic rings. The van der Waals surface area contributed by atoms with Crippen molar-refractivity contribution in [3.8, 4) is 6.07 Å². The highest BCUT2D eigenvalue weighted by molar-refractivity contribution is 6.05. The van der Waals surface area contributed by atoms with E-state index in [2.05, 4.69) is 4.98 Å². The van der Waals surface area contributed by atoms with Crippen LogP contribution in [0.15, 0.2) is 24.4 Å². The Labute approximate surface area is 140 Å². The van der Waals surface area contributed by atoms with Crippen LogP contribution in [0.5, 0.6) is 0 Å². The van der Waals surface area contributed by atoms with Gasteiger partial charge in [-0.05, 0) is 32.9 Å². The van der Waals surface area contributed by atoms with Crippen LogP contribution in [0.25, 0.3) is 10.9 Å². The Morgan fingerprint density at radius 2 is 1.83 bits per heavy atom. The van der Waals surface area contributed by atoms with E-state index in [0.717, 1.165) is 5.56 Å². The van der Waals surface area contributed by atoms with Gasteiger partial charge in [0.15, 0.2) is 5.92 Å². The Morgan fingerprint density at radius 1 is 1.21 bits per heavy atom. The maximum Gasteiger partial charge on any atom is 0.324 e. The van der Waals surface area contributed by atoms with Crippen LogP contribution in [-0.4, -0.2) is 30.1 Å². The molecule has 0 radical (unpaired) electrons. The largest absolute Gasteiger partial charge is 0.465 e. The SMILES string of the molecule is CCOC(=O)C(C(=O)OCC)c1c(C#N)cnc2ccc(C)cc12. The van der Waals surface area contributed by atoms with Crippen molar-refractivity contribution in [3.63, 3.8) is 0 Å². The fourth-order valence-electron chi connectivity index (χ4n) is 2.51. The number of ether oxygens (including phenoxy) is 2. The summed E-state index contributed by atoms with van der Waals surface area (Å²) < 4.78 is 10.1. The molecule has 1 aromatic carbocycles. The first-order valence-corrected chi connectivity index (χ1v) is 7.66. The van der Waals surface area contributed by atoms with E-state index in [-0.39, 0.29) is 24.3 Å². The molecule has 1 heterocycles. The molecule has 2 rings (SSSR count). The number of fused-ring (bicyclic) bond motifs is 1. The highest BCUT2D eigenvalue weighted by atomic mass is 16.6. The number of esters is 2. The van der Waals surface area contributed by atoms with Crippen molar-refractivity contribution in [3.05, 3.63) is 41.1 Å². The Morgan fingerprint density at radius 3 is 2.38 bits per heavy atom. The summed E-state index contributed by atoms with van der Waals surface area (Å²) in [6, 6.07) is 7.45. The second-order valence-electron chi connectivity index (χ2n) is 5.16. The number of pyridine rings is 1. The molecule has 0 N–H and O–H groups in total. The number of hydrogen-bond donors (Lipinski definition) is 0. The molecular weight excluding hydrogens is 308 g/mol. The van der Waals surface area contributed by atoms with Crippen LogP contribution in [0, 0.1) is 18.3 Å². The average Bonchev–Trinajstić information content (AvgIpc) is 2.55. The van der Waals surface area contributed by atoms with Gasteiger partial charge in [-0.15, -0.1) is 0 Å². The predicted octanol–water partition coefficient (Wildman–Crippen LogP) is 2.62. The van der Waals surface area contributed by atoms with E-state index in [1.165, 1.54) is 6.20 Å². The van der Waals surface area contributed by atoms with Crippen molar-refractivity contribution in [2.75, 3.05) is 13.2 Å². The number of benzene rings is 1. The topological polar surface area (TPSA) is 89.3 Å². The molecule has 0 saturated carbocycles. The number of hydrogen-bond acceptors (Lipinski definition) is 6.